The van der Waals surface area contributed by atoms with Gasteiger partial charge < -0.3 is 4.42 Å². The summed E-state index contributed by atoms with van der Waals surface area (Å²) in [5.74, 6) is 7.08. The lowest BCUT2D eigenvalue weighted by molar-refractivity contribution is 0.399. The Labute approximate surface area is 110 Å². The molecule has 0 amide bonds. The predicted octanol–water partition coefficient (Wildman–Crippen LogP) is 1.85. The smallest absolute Gasteiger partial charge is 0.193 e. The molecule has 0 saturated carbocycles. The molecule has 18 heavy (non-hydrogen) atoms. The maximum atomic E-state index is 5.76. The summed E-state index contributed by atoms with van der Waals surface area (Å²) in [5, 5.41) is 4.53. The molecule has 0 bridgehead atoms. The van der Waals surface area contributed by atoms with Gasteiger partial charge in [-0.15, -0.1) is 0 Å². The Morgan fingerprint density at radius 1 is 1.50 bits per heavy atom. The molecule has 2 aromatic heterocycles. The molecule has 0 fully saturated rings. The van der Waals surface area contributed by atoms with Crippen LogP contribution in [0, 0.1) is 0 Å². The van der Waals surface area contributed by atoms with Gasteiger partial charge in [-0.1, -0.05) is 0 Å². The van der Waals surface area contributed by atoms with Crippen LogP contribution >= 0.6 is 11.6 Å². The number of nitrogens with one attached hydrogen (secondary N) is 1. The second kappa shape index (κ2) is 5.51. The fraction of sp³-hybridized carbons (Fsp3) is 0.455. The van der Waals surface area contributed by atoms with Crippen LogP contribution in [0.5, 0.6) is 0 Å². The Balaban J connectivity index is 2.18. The van der Waals surface area contributed by atoms with Crippen molar-refractivity contribution in [1.82, 2.24) is 20.2 Å². The molecule has 1 unspecified atom stereocenters. The molecule has 0 radical (unpaired) electrons. The zero-order chi connectivity index (χ0) is 13.1. The Hall–Kier alpha value is -1.37. The average Bonchev–Trinajstić information content (AvgIpc) is 2.94. The lowest BCUT2D eigenvalue weighted by Crippen LogP contribution is -2.30. The molecule has 0 aliphatic heterocycles. The first-order valence-electron chi connectivity index (χ1n) is 5.71. The zero-order valence-electron chi connectivity index (χ0n) is 10.3. The van der Waals surface area contributed by atoms with Gasteiger partial charge >= 0.3 is 0 Å². The van der Waals surface area contributed by atoms with Crippen molar-refractivity contribution in [3.8, 4) is 0 Å². The number of nitrogens with zero attached hydrogens (tertiary/aromatic N) is 3. The van der Waals surface area contributed by atoms with Gasteiger partial charge in [0, 0.05) is 12.5 Å². The first kappa shape index (κ1) is 13.1. The monoisotopic (exact) mass is 269 g/mol. The second-order valence-electron chi connectivity index (χ2n) is 4.28. The van der Waals surface area contributed by atoms with Crippen LogP contribution < -0.4 is 11.3 Å². The second-order valence-corrected chi connectivity index (χ2v) is 4.65. The largest absolute Gasteiger partial charge is 0.448 e. The summed E-state index contributed by atoms with van der Waals surface area (Å²) in [6.07, 6.45) is 2.12. The lowest BCUT2D eigenvalue weighted by Gasteiger charge is -2.15. The van der Waals surface area contributed by atoms with E-state index in [1.54, 1.807) is 12.1 Å². The first-order chi connectivity index (χ1) is 8.61. The van der Waals surface area contributed by atoms with Crippen LogP contribution in [0.15, 0.2) is 22.9 Å². The lowest BCUT2D eigenvalue weighted by atomic mass is 10.1. The van der Waals surface area contributed by atoms with Gasteiger partial charge in [-0.05, 0) is 37.6 Å². The summed E-state index contributed by atoms with van der Waals surface area (Å²) in [5.41, 5.74) is 2.70. The highest BCUT2D eigenvalue weighted by molar-refractivity contribution is 6.28. The highest BCUT2D eigenvalue weighted by Crippen LogP contribution is 2.22. The molecule has 0 spiro atoms. The number of halogens is 1. The Bertz CT molecular complexity index is 507. The summed E-state index contributed by atoms with van der Waals surface area (Å²) < 4.78 is 7.21. The van der Waals surface area contributed by atoms with Gasteiger partial charge in [0.2, 0.25) is 0 Å². The summed E-state index contributed by atoms with van der Waals surface area (Å²) in [4.78, 5) is 4.24. The van der Waals surface area contributed by atoms with E-state index in [2.05, 4.69) is 15.5 Å². The molecule has 0 aliphatic rings. The maximum Gasteiger partial charge on any atom is 0.193 e. The third kappa shape index (κ3) is 2.72. The van der Waals surface area contributed by atoms with Gasteiger partial charge in [0.25, 0.3) is 0 Å². The quantitative estimate of drug-likeness (QED) is 0.639. The van der Waals surface area contributed by atoms with E-state index in [4.69, 9.17) is 21.9 Å². The number of rotatable bonds is 5. The number of aromatic nitrogens is 3. The van der Waals surface area contributed by atoms with Gasteiger partial charge in [0.15, 0.2) is 5.22 Å². The van der Waals surface area contributed by atoms with Crippen LogP contribution in [-0.4, -0.2) is 14.8 Å². The van der Waals surface area contributed by atoms with Crippen molar-refractivity contribution in [2.24, 2.45) is 5.84 Å². The van der Waals surface area contributed by atoms with E-state index in [-0.39, 0.29) is 12.1 Å². The number of nitrogens with two attached hydrogens (primary N) is 1. The zero-order valence-corrected chi connectivity index (χ0v) is 11.1. The minimum Gasteiger partial charge on any atom is -0.448 e. The van der Waals surface area contributed by atoms with Crippen molar-refractivity contribution >= 4 is 11.6 Å². The van der Waals surface area contributed by atoms with Crippen LogP contribution in [0.1, 0.15) is 37.5 Å². The molecule has 7 heteroatoms. The molecule has 0 aromatic carbocycles. The summed E-state index contributed by atoms with van der Waals surface area (Å²) in [7, 11) is 0. The van der Waals surface area contributed by atoms with Crippen molar-refractivity contribution in [2.75, 3.05) is 0 Å². The van der Waals surface area contributed by atoms with Crippen LogP contribution in [0.25, 0.3) is 0 Å². The summed E-state index contributed by atoms with van der Waals surface area (Å²) >= 11 is 5.76. The SMILES string of the molecule is CC(C)n1ncnc1CC(NN)c1ccc(Cl)o1. The Morgan fingerprint density at radius 2 is 2.28 bits per heavy atom. The minimum absolute atomic E-state index is 0.181. The van der Waals surface area contributed by atoms with Crippen molar-refractivity contribution < 1.29 is 4.42 Å². The summed E-state index contributed by atoms with van der Waals surface area (Å²) in [6, 6.07) is 3.55. The number of hydrogen-bond acceptors (Lipinski definition) is 5. The van der Waals surface area contributed by atoms with Crippen LogP contribution in [0.3, 0.4) is 0 Å². The van der Waals surface area contributed by atoms with E-state index >= 15 is 0 Å². The van der Waals surface area contributed by atoms with Gasteiger partial charge in [-0.3, -0.25) is 5.84 Å². The van der Waals surface area contributed by atoms with Crippen LogP contribution in [-0.2, 0) is 6.42 Å². The van der Waals surface area contributed by atoms with Gasteiger partial charge in [-0.2, -0.15) is 5.10 Å². The fourth-order valence-corrected chi connectivity index (χ4v) is 1.94. The standard InChI is InChI=1S/C11H16ClN5O/c1-7(2)17-11(14-6-15-17)5-8(16-13)9-3-4-10(12)18-9/h3-4,6-8,16H,5,13H2,1-2H3. The van der Waals surface area contributed by atoms with E-state index in [0.717, 1.165) is 5.82 Å². The number of hydrazine groups is 1. The van der Waals surface area contributed by atoms with Crippen molar-refractivity contribution in [3.05, 3.63) is 35.3 Å². The molecule has 0 saturated heterocycles. The van der Waals surface area contributed by atoms with Gasteiger partial charge in [-0.25, -0.2) is 15.1 Å². The third-order valence-electron chi connectivity index (χ3n) is 2.66. The fourth-order valence-electron chi connectivity index (χ4n) is 1.79. The molecule has 2 aromatic rings. The van der Waals surface area contributed by atoms with E-state index in [9.17, 15) is 0 Å². The highest BCUT2D eigenvalue weighted by Gasteiger charge is 2.18. The molecule has 0 aliphatic carbocycles. The van der Waals surface area contributed by atoms with Crippen molar-refractivity contribution in [2.45, 2.75) is 32.4 Å². The van der Waals surface area contributed by atoms with Crippen molar-refractivity contribution in [3.63, 3.8) is 0 Å². The number of furan rings is 1. The molecular weight excluding hydrogens is 254 g/mol. The predicted molar refractivity (Wildman–Crippen MR) is 67.9 cm³/mol. The number of hydrogen-bond donors (Lipinski definition) is 2. The van der Waals surface area contributed by atoms with E-state index in [1.165, 1.54) is 6.33 Å². The molecule has 2 rings (SSSR count). The molecule has 98 valence electrons. The normalized spacial score (nSPS) is 13.2. The molecular formula is C11H16ClN5O. The van der Waals surface area contributed by atoms with E-state index < -0.39 is 0 Å². The van der Waals surface area contributed by atoms with E-state index in [1.807, 2.05) is 18.5 Å². The minimum atomic E-state index is -0.181. The van der Waals surface area contributed by atoms with Crippen molar-refractivity contribution in [1.29, 1.82) is 0 Å². The van der Waals surface area contributed by atoms with E-state index in [0.29, 0.717) is 17.4 Å². The third-order valence-corrected chi connectivity index (χ3v) is 2.86. The average molecular weight is 270 g/mol. The van der Waals surface area contributed by atoms with Crippen LogP contribution in [0.4, 0.5) is 0 Å². The van der Waals surface area contributed by atoms with Crippen LogP contribution in [0.2, 0.25) is 5.22 Å². The molecule has 1 atom stereocenters. The summed E-state index contributed by atoms with van der Waals surface area (Å²) in [6.45, 7) is 4.10. The molecule has 3 N–H and O–H groups in total. The molecule has 6 nitrogen and oxygen atoms in total. The topological polar surface area (TPSA) is 81.9 Å². The van der Waals surface area contributed by atoms with Gasteiger partial charge in [0.1, 0.15) is 17.9 Å². The van der Waals surface area contributed by atoms with Gasteiger partial charge in [0.05, 0.1) is 6.04 Å². The molecule has 2 heterocycles. The Morgan fingerprint density at radius 3 is 2.83 bits per heavy atom. The highest BCUT2D eigenvalue weighted by atomic mass is 35.5. The first-order valence-corrected chi connectivity index (χ1v) is 6.09. The Kier molecular flexibility index (Phi) is 4.00. The maximum absolute atomic E-state index is 5.76.